The van der Waals surface area contributed by atoms with Crippen LogP contribution < -0.4 is 5.73 Å². The molecule has 0 aromatic carbocycles. The molecule has 0 atom stereocenters. The number of nitrogens with two attached hydrogens (primary N) is 1. The van der Waals surface area contributed by atoms with Crippen molar-refractivity contribution in [2.45, 2.75) is 6.92 Å². The van der Waals surface area contributed by atoms with E-state index in [1.807, 2.05) is 6.92 Å². The Morgan fingerprint density at radius 3 is 2.00 bits per heavy atom. The summed E-state index contributed by atoms with van der Waals surface area (Å²) >= 11 is 2.19. The van der Waals surface area contributed by atoms with Crippen LogP contribution in [0.15, 0.2) is 0 Å². The summed E-state index contributed by atoms with van der Waals surface area (Å²) in [7, 11) is 0. The molecule has 0 aromatic heterocycles. The second-order valence-corrected chi connectivity index (χ2v) is 2.24. The summed E-state index contributed by atoms with van der Waals surface area (Å²) in [6, 6.07) is 0. The fourth-order valence-corrected chi connectivity index (χ4v) is 0. The van der Waals surface area contributed by atoms with Crippen LogP contribution >= 0.6 is 0 Å². The molecule has 0 radical (unpaired) electrons. The van der Waals surface area contributed by atoms with Gasteiger partial charge in [-0.3, -0.25) is 0 Å². The van der Waals surface area contributed by atoms with Crippen molar-refractivity contribution in [3.63, 3.8) is 0 Å². The van der Waals surface area contributed by atoms with Crippen LogP contribution in [0.2, 0.25) is 0 Å². The van der Waals surface area contributed by atoms with E-state index in [2.05, 4.69) is 20.6 Å². The van der Waals surface area contributed by atoms with Gasteiger partial charge in [0.15, 0.2) is 0 Å². The Labute approximate surface area is 37.6 Å². The monoisotopic (exact) mass is 240 g/mol. The Kier molecular flexibility index (Phi) is 2.11. The standard InChI is InChI=1S/C2H5N.Au/c1-2-3;/h3H2,1H3;. The molecule has 0 rings (SSSR count). The third-order valence-electron chi connectivity index (χ3n) is 0. The zero-order chi connectivity index (χ0) is 3.58. The zero-order valence-electron chi connectivity index (χ0n) is 2.38. The molecule has 0 aliphatic carbocycles. The van der Waals surface area contributed by atoms with Crippen molar-refractivity contribution in [1.82, 2.24) is 0 Å². The summed E-state index contributed by atoms with van der Waals surface area (Å²) in [5.41, 5.74) is 5.00. The number of hydrogen-bond donors (Lipinski definition) is 1. The topological polar surface area (TPSA) is 26.0 Å². The van der Waals surface area contributed by atoms with Gasteiger partial charge >= 0.3 is 37.1 Å². The van der Waals surface area contributed by atoms with Crippen LogP contribution in [0, 0.1) is 0 Å². The molecule has 0 saturated heterocycles. The third-order valence-corrected chi connectivity index (χ3v) is 0. The van der Waals surface area contributed by atoms with E-state index in [1.54, 1.807) is 0 Å². The molecule has 0 aliphatic heterocycles. The van der Waals surface area contributed by atoms with Crippen molar-refractivity contribution in [3.05, 3.63) is 0 Å². The maximum atomic E-state index is 5.00. The molecule has 0 bridgehead atoms. The van der Waals surface area contributed by atoms with Crippen LogP contribution in [0.3, 0.4) is 0 Å². The fraction of sp³-hybridized carbons (Fsp3) is 0.500. The average Bonchev–Trinajstić information content (AvgIpc) is 0.811. The molecule has 29 valence electrons. The summed E-state index contributed by atoms with van der Waals surface area (Å²) in [5.74, 6) is 0. The molecule has 4 heavy (non-hydrogen) atoms. The average molecular weight is 240 g/mol. The summed E-state index contributed by atoms with van der Waals surface area (Å²) < 4.78 is 0.861. The van der Waals surface area contributed by atoms with E-state index in [-0.39, 0.29) is 0 Å². The molecule has 0 unspecified atom stereocenters. The molecule has 1 nitrogen and oxygen atoms in total. The summed E-state index contributed by atoms with van der Waals surface area (Å²) in [4.78, 5) is 0. The molecule has 0 spiro atoms. The van der Waals surface area contributed by atoms with Gasteiger partial charge in [0.25, 0.3) is 0 Å². The Balaban J connectivity index is 2.80. The Morgan fingerprint density at radius 2 is 2.00 bits per heavy atom. The van der Waals surface area contributed by atoms with Crippen molar-refractivity contribution in [1.29, 1.82) is 0 Å². The van der Waals surface area contributed by atoms with Gasteiger partial charge in [-0.05, 0) is 0 Å². The first-order chi connectivity index (χ1) is 1.73. The van der Waals surface area contributed by atoms with E-state index >= 15 is 0 Å². The second-order valence-electron chi connectivity index (χ2n) is 0.526. The first kappa shape index (κ1) is 4.57. The maximum absolute atomic E-state index is 5.00. The van der Waals surface area contributed by atoms with Gasteiger partial charge in [0, 0.05) is 0 Å². The van der Waals surface area contributed by atoms with E-state index in [1.165, 1.54) is 0 Å². The van der Waals surface area contributed by atoms with E-state index in [0.29, 0.717) is 0 Å². The van der Waals surface area contributed by atoms with E-state index < -0.39 is 0 Å². The van der Waals surface area contributed by atoms with Gasteiger partial charge in [0.1, 0.15) is 0 Å². The first-order valence-electron chi connectivity index (χ1n) is 0.939. The predicted molar refractivity (Wildman–Crippen MR) is 14.9 cm³/mol. The van der Waals surface area contributed by atoms with Crippen molar-refractivity contribution in [2.24, 2.45) is 5.73 Å². The molecule has 0 fully saturated rings. The molecule has 0 saturated carbocycles. The fourth-order valence-electron chi connectivity index (χ4n) is 0. The normalized spacial score (nSPS) is 7.00. The molecule has 0 heterocycles. The van der Waals surface area contributed by atoms with Gasteiger partial charge in [0.2, 0.25) is 0 Å². The van der Waals surface area contributed by atoms with E-state index in [0.717, 1.165) is 3.85 Å². The van der Waals surface area contributed by atoms with Crippen molar-refractivity contribution in [3.8, 4) is 0 Å². The molecule has 2 heteroatoms. The summed E-state index contributed by atoms with van der Waals surface area (Å²) in [6.45, 7) is 1.84. The molecule has 0 aliphatic rings. The summed E-state index contributed by atoms with van der Waals surface area (Å²) in [5, 5.41) is 0. The Bertz CT molecular complexity index is 29.0. The van der Waals surface area contributed by atoms with Crippen LogP contribution in [0.4, 0.5) is 0 Å². The van der Waals surface area contributed by atoms with Crippen LogP contribution in [0.1, 0.15) is 6.92 Å². The van der Waals surface area contributed by atoms with Gasteiger partial charge in [-0.2, -0.15) is 0 Å². The quantitative estimate of drug-likeness (QED) is 0.575. The molecular formula is C2H5AuN. The van der Waals surface area contributed by atoms with Gasteiger partial charge in [-0.1, -0.05) is 0 Å². The van der Waals surface area contributed by atoms with Crippen molar-refractivity contribution >= 4 is 3.85 Å². The molecular weight excluding hydrogens is 235 g/mol. The van der Waals surface area contributed by atoms with Crippen LogP contribution in [-0.2, 0) is 20.6 Å². The van der Waals surface area contributed by atoms with Crippen molar-refractivity contribution in [2.75, 3.05) is 0 Å². The minimum atomic E-state index is 0.861. The van der Waals surface area contributed by atoms with Crippen LogP contribution in [0.5, 0.6) is 0 Å². The predicted octanol–water partition coefficient (Wildman–Crippen LogP) is -0.358. The van der Waals surface area contributed by atoms with Gasteiger partial charge < -0.3 is 0 Å². The first-order valence-corrected chi connectivity index (χ1v) is 2.02. The zero-order valence-corrected chi connectivity index (χ0v) is 4.55. The number of rotatable bonds is 0. The SMILES string of the molecule is C[C](N)=[Au]. The molecule has 2 N–H and O–H groups in total. The minimum absolute atomic E-state index is 0.861. The van der Waals surface area contributed by atoms with Gasteiger partial charge in [0.05, 0.1) is 0 Å². The Hall–Kier alpha value is 0.570. The van der Waals surface area contributed by atoms with Crippen molar-refractivity contribution < 1.29 is 20.6 Å². The van der Waals surface area contributed by atoms with E-state index in [4.69, 9.17) is 5.73 Å². The second kappa shape index (κ2) is 1.85. The van der Waals surface area contributed by atoms with E-state index in [9.17, 15) is 0 Å². The van der Waals surface area contributed by atoms with Gasteiger partial charge in [-0.25, -0.2) is 0 Å². The van der Waals surface area contributed by atoms with Crippen LogP contribution in [-0.4, -0.2) is 3.85 Å². The van der Waals surface area contributed by atoms with Crippen LogP contribution in [0.25, 0.3) is 0 Å². The van der Waals surface area contributed by atoms with Gasteiger partial charge in [-0.15, -0.1) is 0 Å². The summed E-state index contributed by atoms with van der Waals surface area (Å²) in [6.07, 6.45) is 0. The third kappa shape index (κ3) is 19.5. The number of hydrogen-bond acceptors (Lipinski definition) is 1. The Morgan fingerprint density at radius 1 is 2.00 bits per heavy atom. The molecule has 0 aromatic rings. The molecule has 0 amide bonds.